The Bertz CT molecular complexity index is 785. The first-order chi connectivity index (χ1) is 10.2. The second-order valence-electron chi connectivity index (χ2n) is 6.47. The molecule has 2 aromatic rings. The third-order valence-electron chi connectivity index (χ3n) is 3.55. The van der Waals surface area contributed by atoms with E-state index in [0.717, 1.165) is 22.2 Å². The van der Waals surface area contributed by atoms with Gasteiger partial charge in [0.05, 0.1) is 12.2 Å². The predicted octanol–water partition coefficient (Wildman–Crippen LogP) is 3.89. The van der Waals surface area contributed by atoms with Crippen LogP contribution in [0, 0.1) is 18.4 Å². The summed E-state index contributed by atoms with van der Waals surface area (Å²) in [6.45, 7) is 10.8. The van der Waals surface area contributed by atoms with Gasteiger partial charge in [0, 0.05) is 29.2 Å². The summed E-state index contributed by atoms with van der Waals surface area (Å²) in [6, 6.07) is 6.05. The van der Waals surface area contributed by atoms with Gasteiger partial charge in [0.1, 0.15) is 8.07 Å². The molecular weight excluding hydrogens is 290 g/mol. The predicted molar refractivity (Wildman–Crippen MR) is 93.8 cm³/mol. The number of aryl methyl sites for hydroxylation is 1. The zero-order chi connectivity index (χ0) is 16.5. The van der Waals surface area contributed by atoms with Crippen molar-refractivity contribution in [1.82, 2.24) is 4.57 Å². The number of hydrogen-bond acceptors (Lipinski definition) is 2. The average Bonchev–Trinajstić information content (AvgIpc) is 2.68. The molecule has 3 nitrogen and oxygen atoms in total. The molecule has 0 spiro atoms. The SMILES string of the molecule is CCOC(=O)c1c(C)n(C)c2ccc(C#C[Si](C)(C)C)cc12. The lowest BCUT2D eigenvalue weighted by atomic mass is 10.1. The molecule has 0 N–H and O–H groups in total. The molecule has 0 aliphatic heterocycles. The molecule has 1 aromatic carbocycles. The number of ether oxygens (including phenoxy) is 1. The van der Waals surface area contributed by atoms with Crippen LogP contribution in [0.3, 0.4) is 0 Å². The Morgan fingerprint density at radius 3 is 2.59 bits per heavy atom. The Morgan fingerprint density at radius 2 is 2.00 bits per heavy atom. The molecule has 116 valence electrons. The minimum atomic E-state index is -1.42. The van der Waals surface area contributed by atoms with E-state index < -0.39 is 8.07 Å². The van der Waals surface area contributed by atoms with Crippen molar-refractivity contribution in [2.45, 2.75) is 33.5 Å². The van der Waals surface area contributed by atoms with Crippen molar-refractivity contribution in [3.05, 3.63) is 35.0 Å². The van der Waals surface area contributed by atoms with E-state index in [4.69, 9.17) is 4.74 Å². The van der Waals surface area contributed by atoms with Gasteiger partial charge in [-0.1, -0.05) is 25.6 Å². The minimum absolute atomic E-state index is 0.263. The summed E-state index contributed by atoms with van der Waals surface area (Å²) in [5.74, 6) is 2.99. The number of hydrogen-bond donors (Lipinski definition) is 0. The summed E-state index contributed by atoms with van der Waals surface area (Å²) in [5, 5.41) is 0.917. The lowest BCUT2D eigenvalue weighted by Crippen LogP contribution is -2.16. The van der Waals surface area contributed by atoms with Gasteiger partial charge in [-0.25, -0.2) is 4.79 Å². The van der Waals surface area contributed by atoms with E-state index in [-0.39, 0.29) is 5.97 Å². The Balaban J connectivity index is 2.62. The van der Waals surface area contributed by atoms with E-state index >= 15 is 0 Å². The molecule has 0 saturated carbocycles. The van der Waals surface area contributed by atoms with Gasteiger partial charge in [0.2, 0.25) is 0 Å². The van der Waals surface area contributed by atoms with Crippen LogP contribution in [0.5, 0.6) is 0 Å². The fourth-order valence-electron chi connectivity index (χ4n) is 2.37. The molecule has 2 rings (SSSR count). The molecule has 0 unspecified atom stereocenters. The van der Waals surface area contributed by atoms with Crippen LogP contribution < -0.4 is 0 Å². The highest BCUT2D eigenvalue weighted by molar-refractivity contribution is 6.83. The van der Waals surface area contributed by atoms with Crippen molar-refractivity contribution in [3.8, 4) is 11.5 Å². The molecule has 1 aromatic heterocycles. The molecule has 0 atom stereocenters. The zero-order valence-electron chi connectivity index (χ0n) is 14.2. The van der Waals surface area contributed by atoms with Gasteiger partial charge in [-0.3, -0.25) is 0 Å². The molecule has 0 aliphatic carbocycles. The molecular formula is C18H23NO2Si. The van der Waals surface area contributed by atoms with Gasteiger partial charge in [0.15, 0.2) is 0 Å². The number of fused-ring (bicyclic) bond motifs is 1. The molecule has 0 aliphatic rings. The van der Waals surface area contributed by atoms with Crippen LogP contribution in [-0.2, 0) is 11.8 Å². The Kier molecular flexibility index (Phi) is 4.48. The summed E-state index contributed by atoms with van der Waals surface area (Å²) >= 11 is 0. The number of carbonyl (C=O) groups is 1. The fraction of sp³-hybridized carbons (Fsp3) is 0.389. The highest BCUT2D eigenvalue weighted by Gasteiger charge is 2.19. The lowest BCUT2D eigenvalue weighted by molar-refractivity contribution is 0.0527. The minimum Gasteiger partial charge on any atom is -0.462 e. The average molecular weight is 313 g/mol. The number of nitrogens with zero attached hydrogens (tertiary/aromatic N) is 1. The number of rotatable bonds is 2. The van der Waals surface area contributed by atoms with E-state index in [2.05, 4.69) is 31.1 Å². The standard InChI is InChI=1S/C18H23NO2Si/c1-7-21-18(20)17-13(2)19(3)16-9-8-14(12-15(16)17)10-11-22(4,5)6/h8-9,12H,7H2,1-6H3. The smallest absolute Gasteiger partial charge is 0.340 e. The lowest BCUT2D eigenvalue weighted by Gasteiger charge is -2.04. The first-order valence-electron chi connectivity index (χ1n) is 7.54. The number of esters is 1. The largest absolute Gasteiger partial charge is 0.462 e. The van der Waals surface area contributed by atoms with E-state index in [1.54, 1.807) is 0 Å². The normalized spacial score (nSPS) is 11.2. The third-order valence-corrected chi connectivity index (χ3v) is 4.43. The molecule has 1 heterocycles. The van der Waals surface area contributed by atoms with E-state index in [1.165, 1.54) is 0 Å². The molecule has 22 heavy (non-hydrogen) atoms. The molecule has 4 heteroatoms. The number of benzene rings is 1. The van der Waals surface area contributed by atoms with E-state index in [1.807, 2.05) is 43.7 Å². The van der Waals surface area contributed by atoms with Crippen LogP contribution in [0.4, 0.5) is 0 Å². The first-order valence-corrected chi connectivity index (χ1v) is 11.0. The van der Waals surface area contributed by atoms with Crippen LogP contribution in [0.2, 0.25) is 19.6 Å². The van der Waals surface area contributed by atoms with Gasteiger partial charge in [-0.05, 0) is 32.0 Å². The Morgan fingerprint density at radius 1 is 1.32 bits per heavy atom. The summed E-state index contributed by atoms with van der Waals surface area (Å²) in [5.41, 5.74) is 6.91. The van der Waals surface area contributed by atoms with Gasteiger partial charge < -0.3 is 9.30 Å². The first kappa shape index (κ1) is 16.4. The summed E-state index contributed by atoms with van der Waals surface area (Å²) < 4.78 is 7.23. The van der Waals surface area contributed by atoms with Crippen molar-refractivity contribution in [3.63, 3.8) is 0 Å². The maximum absolute atomic E-state index is 12.3. The van der Waals surface area contributed by atoms with Crippen LogP contribution >= 0.6 is 0 Å². The molecule has 0 bridgehead atoms. The second kappa shape index (κ2) is 6.02. The van der Waals surface area contributed by atoms with Crippen LogP contribution in [-0.4, -0.2) is 25.2 Å². The van der Waals surface area contributed by atoms with Crippen molar-refractivity contribution in [2.75, 3.05) is 6.61 Å². The van der Waals surface area contributed by atoms with Gasteiger partial charge in [-0.15, -0.1) is 5.54 Å². The maximum Gasteiger partial charge on any atom is 0.340 e. The third kappa shape index (κ3) is 3.25. The van der Waals surface area contributed by atoms with Crippen LogP contribution in [0.1, 0.15) is 28.5 Å². The van der Waals surface area contributed by atoms with Crippen molar-refractivity contribution >= 4 is 24.9 Å². The molecule has 0 radical (unpaired) electrons. The second-order valence-corrected chi connectivity index (χ2v) is 11.2. The molecule has 0 amide bonds. The topological polar surface area (TPSA) is 31.2 Å². The van der Waals surface area contributed by atoms with Gasteiger partial charge in [-0.2, -0.15) is 0 Å². The van der Waals surface area contributed by atoms with Crippen LogP contribution in [0.25, 0.3) is 10.9 Å². The zero-order valence-corrected chi connectivity index (χ0v) is 15.2. The van der Waals surface area contributed by atoms with Crippen molar-refractivity contribution in [1.29, 1.82) is 0 Å². The number of carbonyl (C=O) groups excluding carboxylic acids is 1. The summed E-state index contributed by atoms with van der Waals surface area (Å²) in [7, 11) is 0.547. The van der Waals surface area contributed by atoms with Gasteiger partial charge in [0.25, 0.3) is 0 Å². The quantitative estimate of drug-likeness (QED) is 0.478. The van der Waals surface area contributed by atoms with Crippen molar-refractivity contribution in [2.24, 2.45) is 7.05 Å². The summed E-state index contributed by atoms with van der Waals surface area (Å²) in [4.78, 5) is 12.3. The maximum atomic E-state index is 12.3. The Hall–Kier alpha value is -1.99. The highest BCUT2D eigenvalue weighted by Crippen LogP contribution is 2.26. The highest BCUT2D eigenvalue weighted by atomic mass is 28.3. The van der Waals surface area contributed by atoms with Crippen LogP contribution in [0.15, 0.2) is 18.2 Å². The monoisotopic (exact) mass is 313 g/mol. The molecule has 0 saturated heterocycles. The number of aromatic nitrogens is 1. The van der Waals surface area contributed by atoms with Gasteiger partial charge >= 0.3 is 5.97 Å². The Labute approximate surface area is 133 Å². The van der Waals surface area contributed by atoms with E-state index in [0.29, 0.717) is 12.2 Å². The summed E-state index contributed by atoms with van der Waals surface area (Å²) in [6.07, 6.45) is 0. The van der Waals surface area contributed by atoms with E-state index in [9.17, 15) is 4.79 Å². The molecule has 0 fully saturated rings. The fourth-order valence-corrected chi connectivity index (χ4v) is 2.89. The van der Waals surface area contributed by atoms with Crippen molar-refractivity contribution < 1.29 is 9.53 Å².